The van der Waals surface area contributed by atoms with E-state index in [-0.39, 0.29) is 5.41 Å². The molecule has 0 N–H and O–H groups in total. The Labute approximate surface area is 176 Å². The van der Waals surface area contributed by atoms with Crippen molar-refractivity contribution in [1.82, 2.24) is 0 Å². The number of allylic oxidation sites excluding steroid dienone is 10. The molecule has 1 aromatic carbocycles. The molecule has 0 aromatic heterocycles. The summed E-state index contributed by atoms with van der Waals surface area (Å²) in [6.45, 7) is 9.31. The zero-order valence-corrected chi connectivity index (χ0v) is 18.5. The zero-order valence-electron chi connectivity index (χ0n) is 18.5. The fourth-order valence-electron chi connectivity index (χ4n) is 5.80. The summed E-state index contributed by atoms with van der Waals surface area (Å²) in [6, 6.07) is 7.34. The lowest BCUT2D eigenvalue weighted by molar-refractivity contribution is 0.589. The van der Waals surface area contributed by atoms with Crippen LogP contribution in [0.1, 0.15) is 88.8 Å². The molecule has 150 valence electrons. The summed E-state index contributed by atoms with van der Waals surface area (Å²) in [5, 5.41) is 0. The van der Waals surface area contributed by atoms with Crippen LogP contribution in [0.15, 0.2) is 70.9 Å². The van der Waals surface area contributed by atoms with Crippen molar-refractivity contribution in [3.05, 3.63) is 87.6 Å². The highest BCUT2D eigenvalue weighted by atomic mass is 14.4. The highest BCUT2D eigenvalue weighted by Gasteiger charge is 2.36. The molecular weight excluding hydrogens is 348 g/mol. The molecule has 29 heavy (non-hydrogen) atoms. The van der Waals surface area contributed by atoms with Gasteiger partial charge in [-0.1, -0.05) is 93.8 Å². The number of benzene rings is 1. The van der Waals surface area contributed by atoms with Crippen molar-refractivity contribution in [3.8, 4) is 0 Å². The molecule has 0 saturated heterocycles. The second-order valence-corrected chi connectivity index (χ2v) is 10.3. The number of hydrogen-bond donors (Lipinski definition) is 0. The first-order chi connectivity index (χ1) is 14.0. The molecule has 0 heteroatoms. The third-order valence-corrected chi connectivity index (χ3v) is 7.39. The standard InChI is InChI=1S/C29H34/c1-5-8-19-11-13-25-26(19)18-28-22(20-9-6-7-10-20)15-16-24(28)23-14-12-21(17-27(23)25)29(2,3)4/h9,11-17,24,26H,5-8,10,18H2,1-4H3. The van der Waals surface area contributed by atoms with Gasteiger partial charge in [-0.3, -0.25) is 0 Å². The Morgan fingerprint density at radius 2 is 1.97 bits per heavy atom. The van der Waals surface area contributed by atoms with Gasteiger partial charge in [0.05, 0.1) is 0 Å². The van der Waals surface area contributed by atoms with Crippen LogP contribution < -0.4 is 0 Å². The molecule has 0 bridgehead atoms. The molecule has 0 heterocycles. The van der Waals surface area contributed by atoms with Gasteiger partial charge < -0.3 is 0 Å². The van der Waals surface area contributed by atoms with Crippen LogP contribution >= 0.6 is 0 Å². The Morgan fingerprint density at radius 3 is 2.69 bits per heavy atom. The number of rotatable bonds is 3. The molecule has 0 aliphatic heterocycles. The smallest absolute Gasteiger partial charge is 0.0247 e. The molecule has 0 spiro atoms. The van der Waals surface area contributed by atoms with E-state index in [1.807, 2.05) is 0 Å². The second-order valence-electron chi connectivity index (χ2n) is 10.3. The first-order valence-corrected chi connectivity index (χ1v) is 11.6. The van der Waals surface area contributed by atoms with Crippen molar-refractivity contribution in [3.63, 3.8) is 0 Å². The minimum Gasteiger partial charge on any atom is -0.0807 e. The summed E-state index contributed by atoms with van der Waals surface area (Å²) in [7, 11) is 0. The van der Waals surface area contributed by atoms with Crippen LogP contribution in [0.3, 0.4) is 0 Å². The van der Waals surface area contributed by atoms with Gasteiger partial charge in [0, 0.05) is 11.8 Å². The van der Waals surface area contributed by atoms with Gasteiger partial charge in [0.25, 0.3) is 0 Å². The van der Waals surface area contributed by atoms with Gasteiger partial charge in [-0.15, -0.1) is 0 Å². The Hall–Kier alpha value is -2.08. The first kappa shape index (κ1) is 18.9. The van der Waals surface area contributed by atoms with Crippen molar-refractivity contribution in [1.29, 1.82) is 0 Å². The maximum Gasteiger partial charge on any atom is 0.0247 e. The molecule has 0 amide bonds. The Morgan fingerprint density at radius 1 is 1.10 bits per heavy atom. The van der Waals surface area contributed by atoms with Gasteiger partial charge in [-0.2, -0.15) is 0 Å². The van der Waals surface area contributed by atoms with Gasteiger partial charge in [0.15, 0.2) is 0 Å². The third-order valence-electron chi connectivity index (χ3n) is 7.39. The Bertz CT molecular complexity index is 997. The predicted molar refractivity (Wildman–Crippen MR) is 125 cm³/mol. The van der Waals surface area contributed by atoms with Crippen molar-refractivity contribution in [2.45, 2.75) is 77.6 Å². The molecule has 4 aliphatic rings. The van der Waals surface area contributed by atoms with Gasteiger partial charge >= 0.3 is 0 Å². The van der Waals surface area contributed by atoms with Crippen molar-refractivity contribution >= 4 is 5.57 Å². The molecule has 1 aromatic rings. The van der Waals surface area contributed by atoms with Crippen molar-refractivity contribution in [2.75, 3.05) is 0 Å². The van der Waals surface area contributed by atoms with E-state index in [1.54, 1.807) is 27.9 Å². The fourth-order valence-corrected chi connectivity index (χ4v) is 5.80. The zero-order chi connectivity index (χ0) is 20.2. The predicted octanol–water partition coefficient (Wildman–Crippen LogP) is 8.19. The molecular formula is C29H34. The fraction of sp³-hybridized carbons (Fsp3) is 0.448. The average Bonchev–Trinajstić information content (AvgIpc) is 3.41. The SMILES string of the molecule is CCCC1=CC=C2c3cc(C(C)(C)C)ccc3C3C=CC(C4=CCCC4)=C3CC12. The molecule has 0 fully saturated rings. The van der Waals surface area contributed by atoms with E-state index in [2.05, 4.69) is 76.3 Å². The summed E-state index contributed by atoms with van der Waals surface area (Å²) in [5.41, 5.74) is 12.8. The van der Waals surface area contributed by atoms with E-state index in [0.29, 0.717) is 11.8 Å². The van der Waals surface area contributed by atoms with E-state index in [4.69, 9.17) is 0 Å². The lowest BCUT2D eigenvalue weighted by atomic mass is 9.81. The van der Waals surface area contributed by atoms with Gasteiger partial charge in [0.2, 0.25) is 0 Å². The highest BCUT2D eigenvalue weighted by Crippen LogP contribution is 2.53. The van der Waals surface area contributed by atoms with Gasteiger partial charge in [-0.05, 0) is 70.9 Å². The topological polar surface area (TPSA) is 0 Å². The van der Waals surface area contributed by atoms with Crippen LogP contribution in [0.2, 0.25) is 0 Å². The van der Waals surface area contributed by atoms with Crippen LogP contribution in [0.5, 0.6) is 0 Å². The van der Waals surface area contributed by atoms with E-state index in [0.717, 1.165) is 0 Å². The van der Waals surface area contributed by atoms with Crippen LogP contribution in [0.4, 0.5) is 0 Å². The highest BCUT2D eigenvalue weighted by molar-refractivity contribution is 5.80. The summed E-state index contributed by atoms with van der Waals surface area (Å²) in [4.78, 5) is 0. The maximum atomic E-state index is 2.51. The lowest BCUT2D eigenvalue weighted by Crippen LogP contribution is -2.12. The minimum absolute atomic E-state index is 0.180. The third kappa shape index (κ3) is 3.12. The van der Waals surface area contributed by atoms with Crippen LogP contribution in [0, 0.1) is 5.92 Å². The monoisotopic (exact) mass is 382 g/mol. The molecule has 0 nitrogen and oxygen atoms in total. The molecule has 2 unspecified atom stereocenters. The molecule has 5 rings (SSSR count). The maximum absolute atomic E-state index is 2.51. The summed E-state index contributed by atoms with van der Waals surface area (Å²) in [5.74, 6) is 1.03. The Balaban J connectivity index is 1.68. The molecule has 0 saturated carbocycles. The summed E-state index contributed by atoms with van der Waals surface area (Å²) in [6.07, 6.45) is 19.8. The number of fused-ring (bicyclic) bond motifs is 5. The van der Waals surface area contributed by atoms with Crippen molar-refractivity contribution < 1.29 is 0 Å². The molecule has 2 atom stereocenters. The second kappa shape index (κ2) is 7.01. The van der Waals surface area contributed by atoms with Crippen molar-refractivity contribution in [2.24, 2.45) is 5.92 Å². The Kier molecular flexibility index (Phi) is 4.57. The quantitative estimate of drug-likeness (QED) is 0.494. The number of hydrogen-bond acceptors (Lipinski definition) is 0. The van der Waals surface area contributed by atoms with E-state index in [9.17, 15) is 0 Å². The average molecular weight is 383 g/mol. The van der Waals surface area contributed by atoms with E-state index < -0.39 is 0 Å². The van der Waals surface area contributed by atoms with E-state index >= 15 is 0 Å². The van der Waals surface area contributed by atoms with Crippen LogP contribution in [-0.4, -0.2) is 0 Å². The molecule has 4 aliphatic carbocycles. The van der Waals surface area contributed by atoms with Gasteiger partial charge in [0.1, 0.15) is 0 Å². The minimum atomic E-state index is 0.180. The lowest BCUT2D eigenvalue weighted by Gasteiger charge is -2.23. The summed E-state index contributed by atoms with van der Waals surface area (Å²) < 4.78 is 0. The van der Waals surface area contributed by atoms with Gasteiger partial charge in [-0.25, -0.2) is 0 Å². The molecule has 0 radical (unpaired) electrons. The summed E-state index contributed by atoms with van der Waals surface area (Å²) >= 11 is 0. The van der Waals surface area contributed by atoms with Crippen LogP contribution in [-0.2, 0) is 5.41 Å². The van der Waals surface area contributed by atoms with E-state index in [1.165, 1.54) is 55.2 Å². The largest absolute Gasteiger partial charge is 0.0807 e. The first-order valence-electron chi connectivity index (χ1n) is 11.6. The normalized spacial score (nSPS) is 25.3. The van der Waals surface area contributed by atoms with Crippen LogP contribution in [0.25, 0.3) is 5.57 Å².